The average Bonchev–Trinajstić information content (AvgIpc) is 2.79. The van der Waals surface area contributed by atoms with Gasteiger partial charge in [-0.3, -0.25) is 9.59 Å². The predicted octanol–water partition coefficient (Wildman–Crippen LogP) is -0.895. The number of rotatable bonds is 5. The van der Waals surface area contributed by atoms with Crippen LogP contribution in [0.1, 0.15) is 26.2 Å². The van der Waals surface area contributed by atoms with Gasteiger partial charge in [0, 0.05) is 6.54 Å². The van der Waals surface area contributed by atoms with Crippen LogP contribution in [0.2, 0.25) is 0 Å². The molecule has 1 atom stereocenters. The van der Waals surface area contributed by atoms with E-state index in [4.69, 9.17) is 11.5 Å². The van der Waals surface area contributed by atoms with Gasteiger partial charge < -0.3 is 16.8 Å². The van der Waals surface area contributed by atoms with Crippen LogP contribution in [0.4, 0.5) is 0 Å². The maximum atomic E-state index is 11.3. The van der Waals surface area contributed by atoms with Crippen molar-refractivity contribution in [2.24, 2.45) is 16.9 Å². The Morgan fingerprint density at radius 2 is 2.07 bits per heavy atom. The Bertz CT molecular complexity index is 248. The fraction of sp³-hybridized carbons (Fsp3) is 0.778. The predicted molar refractivity (Wildman–Crippen MR) is 52.1 cm³/mol. The minimum absolute atomic E-state index is 0.0947. The number of carbonyl (C=O) groups is 2. The highest BCUT2D eigenvalue weighted by Crippen LogP contribution is 2.43. The first-order valence-electron chi connectivity index (χ1n) is 4.74. The van der Waals surface area contributed by atoms with Gasteiger partial charge in [-0.05, 0) is 18.3 Å². The van der Waals surface area contributed by atoms with Crippen LogP contribution in [-0.4, -0.2) is 24.4 Å². The maximum Gasteiger partial charge on any atom is 0.237 e. The summed E-state index contributed by atoms with van der Waals surface area (Å²) in [7, 11) is 0. The van der Waals surface area contributed by atoms with Crippen molar-refractivity contribution in [1.82, 2.24) is 5.32 Å². The van der Waals surface area contributed by atoms with Crippen LogP contribution in [-0.2, 0) is 9.59 Å². The van der Waals surface area contributed by atoms with Crippen molar-refractivity contribution in [2.45, 2.75) is 32.2 Å². The monoisotopic (exact) mass is 199 g/mol. The molecule has 0 saturated heterocycles. The van der Waals surface area contributed by atoms with E-state index in [0.717, 1.165) is 12.8 Å². The fourth-order valence-electron chi connectivity index (χ4n) is 1.13. The van der Waals surface area contributed by atoms with Crippen LogP contribution in [0.5, 0.6) is 0 Å². The van der Waals surface area contributed by atoms with Gasteiger partial charge in [0.05, 0.1) is 12.5 Å². The lowest BCUT2D eigenvalue weighted by molar-refractivity contribution is -0.126. The van der Waals surface area contributed by atoms with Crippen LogP contribution in [0.3, 0.4) is 0 Å². The fourth-order valence-corrected chi connectivity index (χ4v) is 1.13. The molecule has 0 aromatic carbocycles. The Morgan fingerprint density at radius 1 is 1.50 bits per heavy atom. The van der Waals surface area contributed by atoms with Crippen LogP contribution >= 0.6 is 0 Å². The van der Waals surface area contributed by atoms with Crippen molar-refractivity contribution in [1.29, 1.82) is 0 Å². The quantitative estimate of drug-likeness (QED) is 0.535. The minimum atomic E-state index is -0.810. The van der Waals surface area contributed by atoms with Gasteiger partial charge in [-0.25, -0.2) is 0 Å². The van der Waals surface area contributed by atoms with E-state index in [9.17, 15) is 9.59 Å². The highest BCUT2D eigenvalue weighted by atomic mass is 16.2. The van der Waals surface area contributed by atoms with E-state index in [1.807, 2.05) is 0 Å². The molecule has 1 saturated carbocycles. The molecule has 0 radical (unpaired) electrons. The largest absolute Gasteiger partial charge is 0.370 e. The zero-order valence-electron chi connectivity index (χ0n) is 8.38. The molecule has 1 fully saturated rings. The molecule has 0 aromatic rings. The minimum Gasteiger partial charge on any atom is -0.370 e. The van der Waals surface area contributed by atoms with Gasteiger partial charge in [-0.15, -0.1) is 0 Å². The standard InChI is InChI=1S/C9H17N3O2/c1-9(2-3-9)5-12-8(14)6(10)4-7(11)13/h6H,2-5,10H2,1H3,(H2,11,13)(H,12,14). The summed E-state index contributed by atoms with van der Waals surface area (Å²) in [5, 5.41) is 2.72. The number of hydrogen-bond acceptors (Lipinski definition) is 3. The van der Waals surface area contributed by atoms with Gasteiger partial charge in [0.15, 0.2) is 0 Å². The van der Waals surface area contributed by atoms with E-state index in [1.165, 1.54) is 0 Å². The molecule has 1 aliphatic rings. The van der Waals surface area contributed by atoms with E-state index in [1.54, 1.807) is 0 Å². The van der Waals surface area contributed by atoms with Crippen molar-refractivity contribution < 1.29 is 9.59 Å². The van der Waals surface area contributed by atoms with Crippen LogP contribution in [0.15, 0.2) is 0 Å². The first-order chi connectivity index (χ1) is 6.43. The van der Waals surface area contributed by atoms with Gasteiger partial charge in [-0.1, -0.05) is 6.92 Å². The van der Waals surface area contributed by atoms with Crippen molar-refractivity contribution in [2.75, 3.05) is 6.54 Å². The number of nitrogens with two attached hydrogens (primary N) is 2. The Morgan fingerprint density at radius 3 is 2.50 bits per heavy atom. The topological polar surface area (TPSA) is 98.2 Å². The van der Waals surface area contributed by atoms with Gasteiger partial charge in [0.25, 0.3) is 0 Å². The molecule has 14 heavy (non-hydrogen) atoms. The Labute approximate surface area is 83.2 Å². The number of nitrogens with one attached hydrogen (secondary N) is 1. The van der Waals surface area contributed by atoms with E-state index >= 15 is 0 Å². The normalized spacial score (nSPS) is 19.9. The van der Waals surface area contributed by atoms with Gasteiger partial charge >= 0.3 is 0 Å². The summed E-state index contributed by atoms with van der Waals surface area (Å²) in [6.45, 7) is 2.74. The zero-order chi connectivity index (χ0) is 10.8. The Hall–Kier alpha value is -1.10. The zero-order valence-corrected chi connectivity index (χ0v) is 8.38. The lowest BCUT2D eigenvalue weighted by Crippen LogP contribution is -2.44. The summed E-state index contributed by atoms with van der Waals surface area (Å²) < 4.78 is 0. The third-order valence-corrected chi connectivity index (χ3v) is 2.55. The van der Waals surface area contributed by atoms with Crippen LogP contribution in [0.25, 0.3) is 0 Å². The van der Waals surface area contributed by atoms with E-state index in [-0.39, 0.29) is 17.7 Å². The highest BCUT2D eigenvalue weighted by Gasteiger charge is 2.37. The SMILES string of the molecule is CC1(CNC(=O)C(N)CC(N)=O)CC1. The molecule has 1 rings (SSSR count). The molecule has 5 heteroatoms. The lowest BCUT2D eigenvalue weighted by atomic mass is 10.1. The number of carbonyl (C=O) groups excluding carboxylic acids is 2. The van der Waals surface area contributed by atoms with Crippen molar-refractivity contribution in [3.63, 3.8) is 0 Å². The van der Waals surface area contributed by atoms with Crippen molar-refractivity contribution in [3.8, 4) is 0 Å². The van der Waals surface area contributed by atoms with Crippen molar-refractivity contribution >= 4 is 11.8 Å². The smallest absolute Gasteiger partial charge is 0.237 e. The molecule has 0 heterocycles. The molecule has 0 aliphatic heterocycles. The molecular formula is C9H17N3O2. The van der Waals surface area contributed by atoms with E-state index < -0.39 is 11.9 Å². The molecule has 0 bridgehead atoms. The number of amides is 2. The second kappa shape index (κ2) is 3.96. The molecular weight excluding hydrogens is 182 g/mol. The van der Waals surface area contributed by atoms with E-state index in [2.05, 4.69) is 12.2 Å². The number of hydrogen-bond donors (Lipinski definition) is 3. The molecule has 1 aliphatic carbocycles. The molecule has 5 nitrogen and oxygen atoms in total. The Balaban J connectivity index is 2.23. The summed E-state index contributed by atoms with van der Waals surface area (Å²) in [6, 6.07) is -0.810. The second-order valence-electron chi connectivity index (χ2n) is 4.31. The summed E-state index contributed by atoms with van der Waals surface area (Å²) >= 11 is 0. The maximum absolute atomic E-state index is 11.3. The molecule has 0 aromatic heterocycles. The van der Waals surface area contributed by atoms with E-state index in [0.29, 0.717) is 6.54 Å². The number of primary amides is 1. The van der Waals surface area contributed by atoms with Gasteiger partial charge in [0.2, 0.25) is 11.8 Å². The summed E-state index contributed by atoms with van der Waals surface area (Å²) in [5.74, 6) is -0.845. The molecule has 0 spiro atoms. The molecule has 1 unspecified atom stereocenters. The highest BCUT2D eigenvalue weighted by molar-refractivity contribution is 5.87. The molecule has 2 amide bonds. The first-order valence-corrected chi connectivity index (χ1v) is 4.74. The Kier molecular flexibility index (Phi) is 3.10. The summed E-state index contributed by atoms with van der Waals surface area (Å²) in [5.41, 5.74) is 10.6. The van der Waals surface area contributed by atoms with Gasteiger partial charge in [0.1, 0.15) is 0 Å². The third kappa shape index (κ3) is 3.33. The lowest BCUT2D eigenvalue weighted by Gasteiger charge is -2.13. The summed E-state index contributed by atoms with van der Waals surface area (Å²) in [6.07, 6.45) is 2.18. The van der Waals surface area contributed by atoms with Crippen molar-refractivity contribution in [3.05, 3.63) is 0 Å². The molecule has 5 N–H and O–H groups in total. The second-order valence-corrected chi connectivity index (χ2v) is 4.31. The van der Waals surface area contributed by atoms with Gasteiger partial charge in [-0.2, -0.15) is 0 Å². The third-order valence-electron chi connectivity index (χ3n) is 2.55. The first kappa shape index (κ1) is 11.0. The average molecular weight is 199 g/mol. The summed E-state index contributed by atoms with van der Waals surface area (Å²) in [4.78, 5) is 21.8. The molecule has 80 valence electrons. The van der Waals surface area contributed by atoms with Crippen LogP contribution in [0, 0.1) is 5.41 Å². The van der Waals surface area contributed by atoms with Crippen LogP contribution < -0.4 is 16.8 Å².